The van der Waals surface area contributed by atoms with E-state index in [1.165, 1.54) is 6.08 Å². The third-order valence-electron chi connectivity index (χ3n) is 2.18. The topological polar surface area (TPSA) is 74.6 Å². The molecule has 0 aromatic rings. The van der Waals surface area contributed by atoms with Gasteiger partial charge in [0.2, 0.25) is 0 Å². The van der Waals surface area contributed by atoms with E-state index >= 15 is 0 Å². The highest BCUT2D eigenvalue weighted by Gasteiger charge is 2.05. The van der Waals surface area contributed by atoms with Crippen LogP contribution in [-0.4, -0.2) is 28.1 Å². The molecule has 0 spiro atoms. The van der Waals surface area contributed by atoms with Crippen molar-refractivity contribution < 1.29 is 19.8 Å². The molecular formula is C12H20O4. The van der Waals surface area contributed by atoms with Crippen LogP contribution in [0.25, 0.3) is 0 Å². The molecule has 0 bridgehead atoms. The first-order chi connectivity index (χ1) is 7.56. The molecule has 16 heavy (non-hydrogen) atoms. The van der Waals surface area contributed by atoms with E-state index in [1.54, 1.807) is 0 Å². The predicted molar refractivity (Wildman–Crippen MR) is 61.2 cm³/mol. The predicted octanol–water partition coefficient (Wildman–Crippen LogP) is 1.92. The number of hydrogen-bond donors (Lipinski definition) is 2. The summed E-state index contributed by atoms with van der Waals surface area (Å²) in [7, 11) is 0. The summed E-state index contributed by atoms with van der Waals surface area (Å²) in [5.41, 5.74) is 0. The van der Waals surface area contributed by atoms with Crippen LogP contribution in [0.1, 0.15) is 45.4 Å². The lowest BCUT2D eigenvalue weighted by Gasteiger charge is -2.04. The first-order valence-corrected chi connectivity index (χ1v) is 5.67. The average molecular weight is 228 g/mol. The van der Waals surface area contributed by atoms with Gasteiger partial charge in [-0.05, 0) is 12.5 Å². The van der Waals surface area contributed by atoms with Gasteiger partial charge in [-0.3, -0.25) is 9.59 Å². The van der Waals surface area contributed by atoms with Gasteiger partial charge in [0.05, 0.1) is 6.10 Å². The Hall–Kier alpha value is -1.16. The summed E-state index contributed by atoms with van der Waals surface area (Å²) in [6, 6.07) is 0. The summed E-state index contributed by atoms with van der Waals surface area (Å²) in [5.74, 6) is -1.63. The molecule has 0 aromatic heterocycles. The number of carbonyl (C=O) groups excluding carboxylic acids is 1. The van der Waals surface area contributed by atoms with Gasteiger partial charge in [-0.25, -0.2) is 0 Å². The van der Waals surface area contributed by atoms with Gasteiger partial charge >= 0.3 is 5.97 Å². The number of rotatable bonds is 9. The lowest BCUT2D eigenvalue weighted by atomic mass is 10.1. The fraction of sp³-hybridized carbons (Fsp3) is 0.667. The van der Waals surface area contributed by atoms with Crippen molar-refractivity contribution in [1.29, 1.82) is 0 Å². The molecule has 0 radical (unpaired) electrons. The Balaban J connectivity index is 3.68. The zero-order valence-electron chi connectivity index (χ0n) is 9.69. The highest BCUT2D eigenvalue weighted by molar-refractivity contribution is 6.01. The fourth-order valence-corrected chi connectivity index (χ4v) is 1.30. The van der Waals surface area contributed by atoms with Crippen molar-refractivity contribution in [2.45, 2.75) is 51.6 Å². The van der Waals surface area contributed by atoms with E-state index in [0.717, 1.165) is 31.8 Å². The first kappa shape index (κ1) is 14.8. The molecule has 0 aliphatic rings. The average Bonchev–Trinajstić information content (AvgIpc) is 2.20. The molecule has 0 amide bonds. The number of aliphatic hydroxyl groups is 1. The fourth-order valence-electron chi connectivity index (χ4n) is 1.30. The monoisotopic (exact) mass is 228 g/mol. The van der Waals surface area contributed by atoms with Crippen molar-refractivity contribution in [1.82, 2.24) is 0 Å². The number of allylic oxidation sites excluding steroid dienone is 1. The Kier molecular flexibility index (Phi) is 8.43. The smallest absolute Gasteiger partial charge is 0.311 e. The van der Waals surface area contributed by atoms with E-state index in [2.05, 4.69) is 6.92 Å². The lowest BCUT2D eigenvalue weighted by Crippen LogP contribution is -2.06. The molecule has 0 rings (SSSR count). The second-order valence-corrected chi connectivity index (χ2v) is 3.81. The molecular weight excluding hydrogens is 208 g/mol. The Morgan fingerprint density at radius 1 is 1.25 bits per heavy atom. The van der Waals surface area contributed by atoms with Crippen LogP contribution < -0.4 is 0 Å². The molecule has 4 nitrogen and oxygen atoms in total. The minimum Gasteiger partial charge on any atom is -0.481 e. The van der Waals surface area contributed by atoms with Crippen molar-refractivity contribution in [2.75, 3.05) is 0 Å². The Labute approximate surface area is 96.0 Å². The van der Waals surface area contributed by atoms with E-state index < -0.39 is 24.3 Å². The summed E-state index contributed by atoms with van der Waals surface area (Å²) < 4.78 is 0. The molecule has 0 aromatic carbocycles. The molecule has 1 atom stereocenters. The second kappa shape index (κ2) is 9.09. The van der Waals surface area contributed by atoms with Crippen LogP contribution >= 0.6 is 0 Å². The zero-order valence-corrected chi connectivity index (χ0v) is 9.69. The maximum absolute atomic E-state index is 11.0. The van der Waals surface area contributed by atoms with Crippen LogP contribution in [0, 0.1) is 0 Å². The molecule has 0 aliphatic carbocycles. The van der Waals surface area contributed by atoms with Crippen LogP contribution in [-0.2, 0) is 9.59 Å². The van der Waals surface area contributed by atoms with E-state index in [1.807, 2.05) is 0 Å². The number of aliphatic carboxylic acids is 1. The van der Waals surface area contributed by atoms with Crippen LogP contribution in [0.2, 0.25) is 0 Å². The Morgan fingerprint density at radius 3 is 2.50 bits per heavy atom. The molecule has 0 saturated heterocycles. The minimum atomic E-state index is -1.15. The molecule has 0 aliphatic heterocycles. The first-order valence-electron chi connectivity index (χ1n) is 5.67. The summed E-state index contributed by atoms with van der Waals surface area (Å²) in [6.07, 6.45) is 6.27. The Bertz CT molecular complexity index is 245. The normalized spacial score (nSPS) is 12.9. The van der Waals surface area contributed by atoms with Crippen molar-refractivity contribution >= 4 is 11.8 Å². The van der Waals surface area contributed by atoms with Gasteiger partial charge in [-0.2, -0.15) is 0 Å². The van der Waals surface area contributed by atoms with E-state index in [9.17, 15) is 14.7 Å². The molecule has 0 saturated carbocycles. The maximum Gasteiger partial charge on any atom is 0.311 e. The zero-order chi connectivity index (χ0) is 12.4. The van der Waals surface area contributed by atoms with E-state index in [4.69, 9.17) is 5.11 Å². The summed E-state index contributed by atoms with van der Waals surface area (Å²) in [6.45, 7) is 2.11. The number of hydrogen-bond acceptors (Lipinski definition) is 3. The van der Waals surface area contributed by atoms with E-state index in [-0.39, 0.29) is 0 Å². The SMILES string of the molecule is CCCCCCC(O)/C=C/C(=O)CC(=O)O. The third kappa shape index (κ3) is 9.40. The molecule has 2 N–H and O–H groups in total. The van der Waals surface area contributed by atoms with Crippen molar-refractivity contribution in [3.63, 3.8) is 0 Å². The van der Waals surface area contributed by atoms with Gasteiger partial charge < -0.3 is 10.2 Å². The lowest BCUT2D eigenvalue weighted by molar-refractivity contribution is -0.139. The highest BCUT2D eigenvalue weighted by atomic mass is 16.4. The number of carboxylic acids is 1. The number of aliphatic hydroxyl groups excluding tert-OH is 1. The van der Waals surface area contributed by atoms with Crippen LogP contribution in [0.4, 0.5) is 0 Å². The molecule has 4 heteroatoms. The number of carbonyl (C=O) groups is 2. The molecule has 92 valence electrons. The van der Waals surface area contributed by atoms with Crippen molar-refractivity contribution in [3.05, 3.63) is 12.2 Å². The standard InChI is InChI=1S/C12H20O4/c1-2-3-4-5-6-10(13)7-8-11(14)9-12(15)16/h7-8,10,13H,2-6,9H2,1H3,(H,15,16)/b8-7+. The third-order valence-corrected chi connectivity index (χ3v) is 2.18. The molecule has 1 unspecified atom stereocenters. The maximum atomic E-state index is 11.0. The van der Waals surface area contributed by atoms with Crippen molar-refractivity contribution in [3.8, 4) is 0 Å². The van der Waals surface area contributed by atoms with E-state index in [0.29, 0.717) is 6.42 Å². The molecule has 0 heterocycles. The van der Waals surface area contributed by atoms with Gasteiger partial charge in [-0.15, -0.1) is 0 Å². The Morgan fingerprint density at radius 2 is 1.94 bits per heavy atom. The van der Waals surface area contributed by atoms with Gasteiger partial charge in [-0.1, -0.05) is 38.7 Å². The second-order valence-electron chi connectivity index (χ2n) is 3.81. The summed E-state index contributed by atoms with van der Waals surface area (Å²) in [4.78, 5) is 21.1. The minimum absolute atomic E-state index is 0.486. The van der Waals surface area contributed by atoms with Crippen LogP contribution in [0.15, 0.2) is 12.2 Å². The van der Waals surface area contributed by atoms with Crippen LogP contribution in [0.3, 0.4) is 0 Å². The molecule has 0 fully saturated rings. The summed E-state index contributed by atoms with van der Waals surface area (Å²) >= 11 is 0. The van der Waals surface area contributed by atoms with Gasteiger partial charge in [0.1, 0.15) is 6.42 Å². The number of ketones is 1. The number of carboxylic acid groups (broad SMARTS) is 1. The highest BCUT2D eigenvalue weighted by Crippen LogP contribution is 2.06. The summed E-state index contributed by atoms with van der Waals surface area (Å²) in [5, 5.41) is 17.8. The quantitative estimate of drug-likeness (QED) is 0.359. The van der Waals surface area contributed by atoms with Gasteiger partial charge in [0.25, 0.3) is 0 Å². The van der Waals surface area contributed by atoms with Crippen molar-refractivity contribution in [2.24, 2.45) is 0 Å². The largest absolute Gasteiger partial charge is 0.481 e. The number of unbranched alkanes of at least 4 members (excludes halogenated alkanes) is 3. The van der Waals surface area contributed by atoms with Gasteiger partial charge in [0.15, 0.2) is 5.78 Å². The van der Waals surface area contributed by atoms with Crippen LogP contribution in [0.5, 0.6) is 0 Å². The van der Waals surface area contributed by atoms with Gasteiger partial charge in [0, 0.05) is 0 Å².